The van der Waals surface area contributed by atoms with Crippen molar-refractivity contribution >= 4 is 31.8 Å². The number of ether oxygens (including phenoxy) is 1. The number of amides is 2. The maximum absolute atomic E-state index is 14.9. The number of imide groups is 1. The molecule has 0 unspecified atom stereocenters. The van der Waals surface area contributed by atoms with Gasteiger partial charge in [0.15, 0.2) is 8.32 Å². The van der Waals surface area contributed by atoms with Gasteiger partial charge < -0.3 is 9.16 Å². The number of para-hydroxylation sites is 1. The zero-order valence-corrected chi connectivity index (χ0v) is 27.1. The number of carbonyl (C=O) groups is 3. The number of cyclic esters (lactones) is 1. The highest BCUT2D eigenvalue weighted by Crippen LogP contribution is 2.77. The van der Waals surface area contributed by atoms with E-state index < -0.39 is 66.6 Å². The summed E-state index contributed by atoms with van der Waals surface area (Å²) in [5.41, 5.74) is -1.62. The molecule has 5 atom stereocenters. The van der Waals surface area contributed by atoms with Crippen LogP contribution in [0, 0.1) is 11.8 Å². The van der Waals surface area contributed by atoms with E-state index in [0.717, 1.165) is 17.7 Å². The van der Waals surface area contributed by atoms with Crippen LogP contribution in [0.1, 0.15) is 43.4 Å². The van der Waals surface area contributed by atoms with E-state index in [1.54, 1.807) is 30.3 Å². The predicted molar refractivity (Wildman–Crippen MR) is 167 cm³/mol. The Morgan fingerprint density at radius 1 is 0.826 bits per heavy atom. The number of alkyl halides is 3. The number of esters is 1. The van der Waals surface area contributed by atoms with Gasteiger partial charge in [-0.25, -0.2) is 9.69 Å². The molecule has 7 rings (SSSR count). The van der Waals surface area contributed by atoms with E-state index >= 15 is 0 Å². The van der Waals surface area contributed by atoms with E-state index in [1.165, 1.54) is 17.0 Å². The number of hydrogen-bond donors (Lipinski definition) is 0. The minimum atomic E-state index is -4.59. The molecule has 0 spiro atoms. The van der Waals surface area contributed by atoms with E-state index in [9.17, 15) is 27.6 Å². The van der Waals surface area contributed by atoms with E-state index in [0.29, 0.717) is 16.8 Å². The summed E-state index contributed by atoms with van der Waals surface area (Å²) >= 11 is 0. The number of fused-ring (bicyclic) bond motifs is 7. The minimum absolute atomic E-state index is 0.156. The van der Waals surface area contributed by atoms with Crippen LogP contribution in [0.2, 0.25) is 18.1 Å². The van der Waals surface area contributed by atoms with Crippen molar-refractivity contribution < 1.29 is 36.7 Å². The van der Waals surface area contributed by atoms with E-state index in [2.05, 4.69) is 20.8 Å². The van der Waals surface area contributed by atoms with Crippen LogP contribution in [0.5, 0.6) is 0 Å². The molecular formula is C36H34F3NO5Si. The molecule has 2 amide bonds. The van der Waals surface area contributed by atoms with Gasteiger partial charge in [-0.05, 0) is 59.1 Å². The van der Waals surface area contributed by atoms with Gasteiger partial charge in [0.2, 0.25) is 11.8 Å². The Hall–Kier alpha value is -4.02. The quantitative estimate of drug-likeness (QED) is 0.167. The summed E-state index contributed by atoms with van der Waals surface area (Å²) in [5.74, 6) is -4.58. The van der Waals surface area contributed by atoms with E-state index in [-0.39, 0.29) is 17.2 Å². The zero-order valence-electron chi connectivity index (χ0n) is 26.1. The molecule has 2 fully saturated rings. The lowest BCUT2D eigenvalue weighted by Crippen LogP contribution is -2.57. The molecule has 2 bridgehead atoms. The van der Waals surface area contributed by atoms with Gasteiger partial charge in [-0.2, -0.15) is 13.2 Å². The van der Waals surface area contributed by atoms with Crippen LogP contribution in [-0.2, 0) is 35.1 Å². The third-order valence-electron chi connectivity index (χ3n) is 11.0. The fourth-order valence-electron chi connectivity index (χ4n) is 8.24. The fourth-order valence-corrected chi connectivity index (χ4v) is 9.74. The first-order valence-corrected chi connectivity index (χ1v) is 18.3. The van der Waals surface area contributed by atoms with Crippen molar-refractivity contribution in [3.63, 3.8) is 0 Å². The summed E-state index contributed by atoms with van der Waals surface area (Å²) in [6.07, 6.45) is -4.59. The molecule has 2 heterocycles. The maximum atomic E-state index is 14.9. The normalized spacial score (nSPS) is 29.0. The first-order valence-electron chi connectivity index (χ1n) is 15.4. The zero-order chi connectivity index (χ0) is 33.0. The monoisotopic (exact) mass is 645 g/mol. The topological polar surface area (TPSA) is 72.9 Å². The van der Waals surface area contributed by atoms with Crippen molar-refractivity contribution in [2.45, 2.75) is 62.0 Å². The Labute approximate surface area is 266 Å². The molecule has 1 saturated heterocycles. The average molecular weight is 646 g/mol. The lowest BCUT2D eigenvalue weighted by atomic mass is 9.61. The molecule has 6 nitrogen and oxygen atoms in total. The van der Waals surface area contributed by atoms with Crippen LogP contribution in [0.3, 0.4) is 0 Å². The summed E-state index contributed by atoms with van der Waals surface area (Å²) < 4.78 is 54.6. The van der Waals surface area contributed by atoms with Gasteiger partial charge in [0.25, 0.3) is 0 Å². The Morgan fingerprint density at radius 3 is 1.96 bits per heavy atom. The molecular weight excluding hydrogens is 611 g/mol. The SMILES string of the molecule is CC(C)(C)[Si](C)(C)O[C@]12C3=C(COC3=O)[C@](c3ccc(C(F)(F)F)cc3)([C@@H]3C(=O)N(c4ccccc4)C(=O)[C@@H]31)[C@H]2c1ccccc1. The van der Waals surface area contributed by atoms with Gasteiger partial charge in [-0.1, -0.05) is 81.4 Å². The van der Waals surface area contributed by atoms with Crippen LogP contribution in [0.15, 0.2) is 96.1 Å². The number of benzene rings is 3. The molecule has 0 aromatic heterocycles. The van der Waals surface area contributed by atoms with Crippen molar-refractivity contribution in [1.82, 2.24) is 0 Å². The van der Waals surface area contributed by atoms with Gasteiger partial charge in [-0.3, -0.25) is 9.59 Å². The van der Waals surface area contributed by atoms with Crippen molar-refractivity contribution in [3.8, 4) is 0 Å². The van der Waals surface area contributed by atoms with Crippen molar-refractivity contribution in [1.29, 1.82) is 0 Å². The molecule has 1 saturated carbocycles. The second-order valence-corrected chi connectivity index (χ2v) is 18.9. The Balaban J connectivity index is 1.59. The molecule has 4 aliphatic rings. The Kier molecular flexibility index (Phi) is 6.49. The minimum Gasteiger partial charge on any atom is -0.458 e. The highest BCUT2D eigenvalue weighted by molar-refractivity contribution is 6.74. The third-order valence-corrected chi connectivity index (χ3v) is 15.4. The van der Waals surface area contributed by atoms with E-state index in [1.807, 2.05) is 43.4 Å². The predicted octanol–water partition coefficient (Wildman–Crippen LogP) is 7.17. The van der Waals surface area contributed by atoms with Gasteiger partial charge in [-0.15, -0.1) is 0 Å². The lowest BCUT2D eigenvalue weighted by molar-refractivity contribution is -0.140. The Bertz CT molecular complexity index is 1800. The van der Waals surface area contributed by atoms with Gasteiger partial charge >= 0.3 is 12.1 Å². The molecule has 3 aromatic carbocycles. The fraction of sp³-hybridized carbons (Fsp3) is 0.361. The molecule has 0 radical (unpaired) electrons. The van der Waals surface area contributed by atoms with E-state index in [4.69, 9.17) is 9.16 Å². The van der Waals surface area contributed by atoms with Crippen LogP contribution < -0.4 is 4.90 Å². The summed E-state index contributed by atoms with van der Waals surface area (Å²) in [7, 11) is -2.85. The molecule has 0 N–H and O–H groups in total. The molecule has 238 valence electrons. The van der Waals surface area contributed by atoms with Crippen LogP contribution >= 0.6 is 0 Å². The summed E-state index contributed by atoms with van der Waals surface area (Å²) in [5, 5.41) is -0.366. The van der Waals surface area contributed by atoms with Crippen molar-refractivity contribution in [3.05, 3.63) is 113 Å². The summed E-state index contributed by atoms with van der Waals surface area (Å²) in [6, 6.07) is 22.7. The molecule has 2 aliphatic carbocycles. The van der Waals surface area contributed by atoms with Gasteiger partial charge in [0.1, 0.15) is 12.2 Å². The molecule has 46 heavy (non-hydrogen) atoms. The first-order chi connectivity index (χ1) is 21.6. The third kappa shape index (κ3) is 3.83. The average Bonchev–Trinajstić information content (AvgIpc) is 3.67. The summed E-state index contributed by atoms with van der Waals surface area (Å²) in [6.45, 7) is 10.1. The largest absolute Gasteiger partial charge is 0.458 e. The number of rotatable bonds is 5. The number of nitrogens with zero attached hydrogens (tertiary/aromatic N) is 1. The molecule has 3 aromatic rings. The smallest absolute Gasteiger partial charge is 0.416 e. The Morgan fingerprint density at radius 2 is 1.39 bits per heavy atom. The van der Waals surface area contributed by atoms with Crippen LogP contribution in [0.4, 0.5) is 18.9 Å². The standard InChI is InChI=1S/C36H34F3NO5Si/c1-33(2,3)46(4,5)45-35-26-25(20-44-32(26)43)34(29(35)21-12-8-6-9-13-21,22-16-18-23(19-17-22)36(37,38)39)27-28(35)31(42)40(30(27)41)24-14-10-7-11-15-24/h6-19,27-29H,20H2,1-5H3/t27-,28+,29+,34+,35+/m0/s1. The van der Waals surface area contributed by atoms with Crippen molar-refractivity contribution in [2.24, 2.45) is 11.8 Å². The summed E-state index contributed by atoms with van der Waals surface area (Å²) in [4.78, 5) is 44.9. The number of hydrogen-bond acceptors (Lipinski definition) is 5. The first kappa shape index (κ1) is 30.6. The molecule has 2 aliphatic heterocycles. The second-order valence-electron chi connectivity index (χ2n) is 14.2. The molecule has 10 heteroatoms. The number of anilines is 1. The maximum Gasteiger partial charge on any atom is 0.416 e. The lowest BCUT2D eigenvalue weighted by Gasteiger charge is -2.48. The van der Waals surface area contributed by atoms with Gasteiger partial charge in [0.05, 0.1) is 28.7 Å². The second kappa shape index (κ2) is 9.74. The van der Waals surface area contributed by atoms with Crippen LogP contribution in [0.25, 0.3) is 0 Å². The highest BCUT2D eigenvalue weighted by Gasteiger charge is 2.85. The number of carbonyl (C=O) groups excluding carboxylic acids is 3. The highest BCUT2D eigenvalue weighted by atomic mass is 28.4. The number of halogens is 3. The van der Waals surface area contributed by atoms with Crippen LogP contribution in [-0.4, -0.2) is 38.3 Å². The van der Waals surface area contributed by atoms with Crippen molar-refractivity contribution in [2.75, 3.05) is 11.5 Å². The van der Waals surface area contributed by atoms with Gasteiger partial charge in [0, 0.05) is 11.3 Å².